The van der Waals surface area contributed by atoms with Crippen LogP contribution in [0.4, 0.5) is 5.13 Å². The number of rotatable bonds is 7. The van der Waals surface area contributed by atoms with E-state index < -0.39 is 0 Å². The van der Waals surface area contributed by atoms with Crippen LogP contribution < -0.4 is 5.32 Å². The molecule has 0 fully saturated rings. The van der Waals surface area contributed by atoms with E-state index in [2.05, 4.69) is 22.4 Å². The maximum absolute atomic E-state index is 12.1. The van der Waals surface area contributed by atoms with Gasteiger partial charge in [0.05, 0.1) is 6.42 Å². The summed E-state index contributed by atoms with van der Waals surface area (Å²) in [6.07, 6.45) is 7.46. The summed E-state index contributed by atoms with van der Waals surface area (Å²) in [4.78, 5) is 12.1. The Morgan fingerprint density at radius 1 is 1.17 bits per heavy atom. The minimum absolute atomic E-state index is 0.0677. The molecule has 3 aromatic rings. The van der Waals surface area contributed by atoms with Gasteiger partial charge in [0.25, 0.3) is 0 Å². The number of hydrogen-bond donors (Lipinski definition) is 1. The average molecular weight is 340 g/mol. The fraction of sp³-hybridized carbons (Fsp3) is 0.278. The fourth-order valence-corrected chi connectivity index (χ4v) is 3.17. The molecule has 3 rings (SSSR count). The molecule has 0 saturated heterocycles. The van der Waals surface area contributed by atoms with Gasteiger partial charge in [-0.1, -0.05) is 36.8 Å². The third-order valence-corrected chi connectivity index (χ3v) is 4.56. The van der Waals surface area contributed by atoms with Gasteiger partial charge in [-0.2, -0.15) is 0 Å². The Balaban J connectivity index is 1.55. The van der Waals surface area contributed by atoms with Crippen LogP contribution in [0.15, 0.2) is 48.8 Å². The lowest BCUT2D eigenvalue weighted by Crippen LogP contribution is -2.14. The van der Waals surface area contributed by atoms with Gasteiger partial charge in [0.15, 0.2) is 0 Å². The molecule has 0 spiro atoms. The molecule has 24 heavy (non-hydrogen) atoms. The molecule has 1 aromatic carbocycles. The molecule has 0 aliphatic heterocycles. The van der Waals surface area contributed by atoms with Crippen LogP contribution in [-0.2, 0) is 17.6 Å². The smallest absolute Gasteiger partial charge is 0.230 e. The van der Waals surface area contributed by atoms with Crippen LogP contribution >= 0.6 is 11.3 Å². The van der Waals surface area contributed by atoms with E-state index in [9.17, 15) is 4.79 Å². The Morgan fingerprint density at radius 2 is 1.92 bits per heavy atom. The number of carbonyl (C=O) groups is 1. The highest BCUT2D eigenvalue weighted by molar-refractivity contribution is 7.15. The van der Waals surface area contributed by atoms with Crippen molar-refractivity contribution in [2.24, 2.45) is 0 Å². The molecule has 6 heteroatoms. The summed E-state index contributed by atoms with van der Waals surface area (Å²) in [7, 11) is 0. The Kier molecular flexibility index (Phi) is 5.38. The van der Waals surface area contributed by atoms with Gasteiger partial charge in [0, 0.05) is 24.5 Å². The first-order chi connectivity index (χ1) is 11.7. The molecule has 1 amide bonds. The number of nitrogens with one attached hydrogen (secondary N) is 1. The summed E-state index contributed by atoms with van der Waals surface area (Å²) in [6, 6.07) is 11.9. The summed E-state index contributed by atoms with van der Waals surface area (Å²) in [5.41, 5.74) is 2.05. The monoisotopic (exact) mass is 340 g/mol. The number of carbonyl (C=O) groups excluding carboxylic acids is 1. The van der Waals surface area contributed by atoms with Gasteiger partial charge in [-0.3, -0.25) is 4.79 Å². The quantitative estimate of drug-likeness (QED) is 0.710. The number of benzene rings is 1. The van der Waals surface area contributed by atoms with Crippen LogP contribution in [0, 0.1) is 0 Å². The van der Waals surface area contributed by atoms with Gasteiger partial charge >= 0.3 is 0 Å². The van der Waals surface area contributed by atoms with Gasteiger partial charge in [-0.25, -0.2) is 0 Å². The van der Waals surface area contributed by atoms with Gasteiger partial charge in [0.1, 0.15) is 5.01 Å². The molecule has 2 aromatic heterocycles. The van der Waals surface area contributed by atoms with Gasteiger partial charge in [-0.15, -0.1) is 10.2 Å². The zero-order valence-corrected chi connectivity index (χ0v) is 14.4. The van der Waals surface area contributed by atoms with E-state index in [0.29, 0.717) is 11.6 Å². The van der Waals surface area contributed by atoms with Crippen molar-refractivity contribution in [3.8, 4) is 5.69 Å². The van der Waals surface area contributed by atoms with Gasteiger partial charge in [0.2, 0.25) is 11.0 Å². The molecule has 0 atom stereocenters. The molecule has 0 unspecified atom stereocenters. The number of amides is 1. The molecule has 0 saturated carbocycles. The number of hydrogen-bond acceptors (Lipinski definition) is 4. The van der Waals surface area contributed by atoms with E-state index in [1.165, 1.54) is 11.3 Å². The lowest BCUT2D eigenvalue weighted by Gasteiger charge is -2.05. The first kappa shape index (κ1) is 16.4. The second-order valence-electron chi connectivity index (χ2n) is 5.59. The van der Waals surface area contributed by atoms with E-state index in [1.807, 2.05) is 53.4 Å². The average Bonchev–Trinajstić information content (AvgIpc) is 3.25. The normalized spacial score (nSPS) is 10.7. The predicted molar refractivity (Wildman–Crippen MR) is 96.6 cm³/mol. The first-order valence-electron chi connectivity index (χ1n) is 8.09. The largest absolute Gasteiger partial charge is 0.324 e. The number of nitrogens with zero attached hydrogens (tertiary/aromatic N) is 3. The van der Waals surface area contributed by atoms with Crippen molar-refractivity contribution in [3.05, 3.63) is 59.4 Å². The van der Waals surface area contributed by atoms with Crippen molar-refractivity contribution in [2.45, 2.75) is 32.6 Å². The highest BCUT2D eigenvalue weighted by Crippen LogP contribution is 2.17. The summed E-state index contributed by atoms with van der Waals surface area (Å²) >= 11 is 1.45. The number of aromatic nitrogens is 3. The lowest BCUT2D eigenvalue weighted by atomic mass is 10.1. The molecule has 0 bridgehead atoms. The number of aryl methyl sites for hydroxylation is 1. The van der Waals surface area contributed by atoms with E-state index >= 15 is 0 Å². The van der Waals surface area contributed by atoms with E-state index in [4.69, 9.17) is 0 Å². The molecule has 0 radical (unpaired) electrons. The molecular formula is C18H20N4OS. The maximum Gasteiger partial charge on any atom is 0.230 e. The summed E-state index contributed by atoms with van der Waals surface area (Å²) in [5.74, 6) is -0.0677. The summed E-state index contributed by atoms with van der Waals surface area (Å²) < 4.78 is 2.03. The maximum atomic E-state index is 12.1. The minimum Gasteiger partial charge on any atom is -0.324 e. The fourth-order valence-electron chi connectivity index (χ4n) is 2.37. The van der Waals surface area contributed by atoms with Crippen molar-refractivity contribution in [1.29, 1.82) is 0 Å². The standard InChI is InChI=1S/C18H20N4OS/c1-2-3-6-17-20-21-18(24-17)19-16(23)13-14-7-9-15(10-8-14)22-11-4-5-12-22/h4-5,7-12H,2-3,6,13H2,1H3,(H,19,21,23). The first-order valence-corrected chi connectivity index (χ1v) is 8.91. The van der Waals surface area contributed by atoms with Crippen molar-refractivity contribution in [3.63, 3.8) is 0 Å². The molecule has 2 heterocycles. The molecule has 0 aliphatic rings. The highest BCUT2D eigenvalue weighted by atomic mass is 32.1. The number of unbranched alkanes of at least 4 members (excludes halogenated alkanes) is 1. The van der Waals surface area contributed by atoms with Crippen molar-refractivity contribution in [1.82, 2.24) is 14.8 Å². The van der Waals surface area contributed by atoms with Crippen LogP contribution in [0.5, 0.6) is 0 Å². The predicted octanol–water partition coefficient (Wildman–Crippen LogP) is 3.85. The third kappa shape index (κ3) is 4.29. The van der Waals surface area contributed by atoms with E-state index in [0.717, 1.165) is 35.5 Å². The van der Waals surface area contributed by atoms with Crippen LogP contribution in [0.3, 0.4) is 0 Å². The lowest BCUT2D eigenvalue weighted by molar-refractivity contribution is -0.115. The van der Waals surface area contributed by atoms with Crippen LogP contribution in [0.2, 0.25) is 0 Å². The van der Waals surface area contributed by atoms with Crippen molar-refractivity contribution in [2.75, 3.05) is 5.32 Å². The van der Waals surface area contributed by atoms with Crippen LogP contribution in [0.1, 0.15) is 30.3 Å². The Morgan fingerprint density at radius 3 is 2.62 bits per heavy atom. The molecule has 1 N–H and O–H groups in total. The highest BCUT2D eigenvalue weighted by Gasteiger charge is 2.09. The summed E-state index contributed by atoms with van der Waals surface area (Å²) in [6.45, 7) is 2.14. The van der Waals surface area contributed by atoms with Crippen LogP contribution in [0.25, 0.3) is 5.69 Å². The minimum atomic E-state index is -0.0677. The second-order valence-corrected chi connectivity index (χ2v) is 6.65. The molecule has 5 nitrogen and oxygen atoms in total. The molecule has 124 valence electrons. The zero-order chi connectivity index (χ0) is 16.8. The Labute approximate surface area is 145 Å². The Hall–Kier alpha value is -2.47. The zero-order valence-electron chi connectivity index (χ0n) is 13.6. The van der Waals surface area contributed by atoms with Crippen molar-refractivity contribution >= 4 is 22.4 Å². The van der Waals surface area contributed by atoms with Gasteiger partial charge in [-0.05, 0) is 36.2 Å². The molecular weight excluding hydrogens is 320 g/mol. The Bertz CT molecular complexity index is 778. The third-order valence-electron chi connectivity index (χ3n) is 3.66. The van der Waals surface area contributed by atoms with E-state index in [-0.39, 0.29) is 5.91 Å². The van der Waals surface area contributed by atoms with Crippen LogP contribution in [-0.4, -0.2) is 20.7 Å². The SMILES string of the molecule is CCCCc1nnc(NC(=O)Cc2ccc(-n3cccc3)cc2)s1. The number of anilines is 1. The molecule has 0 aliphatic carbocycles. The summed E-state index contributed by atoms with van der Waals surface area (Å²) in [5, 5.41) is 12.5. The van der Waals surface area contributed by atoms with Crippen molar-refractivity contribution < 1.29 is 4.79 Å². The topological polar surface area (TPSA) is 59.8 Å². The van der Waals surface area contributed by atoms with Gasteiger partial charge < -0.3 is 9.88 Å². The van der Waals surface area contributed by atoms with E-state index in [1.54, 1.807) is 0 Å². The second kappa shape index (κ2) is 7.88.